The standard InChI is InChI=1S/C16H19N7.C6H13NO.C3H6F2/c1-9(2)19-12-5-6-13(20-10(12)3)11-7-8-23-14(11)15(17)21-16(18-4)22-23;1-7(2)5-3-4-6-8;1-2-3(4)5/h5-8H,1-4H3,(H3,17,18,21,22);6H,3-5H2,1-2H3;3H,2H2,1H3. The molecule has 0 bridgehead atoms. The highest BCUT2D eigenvalue weighted by Gasteiger charge is 2.13. The summed E-state index contributed by atoms with van der Waals surface area (Å²) in [5.74, 6) is 0.889. The minimum Gasteiger partial charge on any atom is -0.382 e. The van der Waals surface area contributed by atoms with Gasteiger partial charge in [-0.2, -0.15) is 4.98 Å². The summed E-state index contributed by atoms with van der Waals surface area (Å²) in [6.07, 6.45) is 2.34. The number of nitrogen functional groups attached to an aromatic ring is 1. The third kappa shape index (κ3) is 10.0. The van der Waals surface area contributed by atoms with Gasteiger partial charge in [-0.05, 0) is 66.0 Å². The summed E-state index contributed by atoms with van der Waals surface area (Å²) in [4.78, 5) is 25.2. The van der Waals surface area contributed by atoms with Crippen molar-refractivity contribution >= 4 is 35.0 Å². The lowest BCUT2D eigenvalue weighted by molar-refractivity contribution is -0.107. The molecule has 0 saturated carbocycles. The first-order valence-electron chi connectivity index (χ1n) is 11.7. The number of fused-ring (bicyclic) bond motifs is 1. The van der Waals surface area contributed by atoms with Crippen molar-refractivity contribution in [1.82, 2.24) is 24.5 Å². The topological polar surface area (TPSA) is 114 Å². The molecule has 0 radical (unpaired) electrons. The van der Waals surface area contributed by atoms with E-state index in [2.05, 4.69) is 30.3 Å². The van der Waals surface area contributed by atoms with Crippen LogP contribution in [0.15, 0.2) is 29.4 Å². The van der Waals surface area contributed by atoms with E-state index in [0.29, 0.717) is 18.2 Å². The summed E-state index contributed by atoms with van der Waals surface area (Å²) in [6.45, 7) is 8.34. The second-order valence-electron chi connectivity index (χ2n) is 8.36. The molecule has 0 atom stereocenters. The largest absolute Gasteiger partial charge is 0.382 e. The van der Waals surface area contributed by atoms with Crippen LogP contribution in [-0.2, 0) is 4.79 Å². The van der Waals surface area contributed by atoms with E-state index in [1.165, 1.54) is 6.92 Å². The molecule has 36 heavy (non-hydrogen) atoms. The molecule has 11 heteroatoms. The van der Waals surface area contributed by atoms with Crippen LogP contribution in [0, 0.1) is 6.92 Å². The Balaban J connectivity index is 0.000000414. The number of alkyl halides is 2. The Labute approximate surface area is 211 Å². The van der Waals surface area contributed by atoms with E-state index in [4.69, 9.17) is 5.73 Å². The average molecular weight is 505 g/mol. The van der Waals surface area contributed by atoms with Gasteiger partial charge in [0.2, 0.25) is 12.4 Å². The Morgan fingerprint density at radius 2 is 1.92 bits per heavy atom. The number of anilines is 2. The number of pyridine rings is 1. The Morgan fingerprint density at radius 1 is 1.25 bits per heavy atom. The first kappa shape index (κ1) is 30.6. The van der Waals surface area contributed by atoms with Gasteiger partial charge in [0.1, 0.15) is 11.8 Å². The molecule has 0 aliphatic carbocycles. The average Bonchev–Trinajstić information content (AvgIpc) is 3.25. The highest BCUT2D eigenvalue weighted by molar-refractivity contribution is 5.87. The van der Waals surface area contributed by atoms with Crippen molar-refractivity contribution in [3.8, 4) is 11.3 Å². The zero-order chi connectivity index (χ0) is 27.3. The number of aldehydes is 1. The monoisotopic (exact) mass is 504 g/mol. The smallest absolute Gasteiger partial charge is 0.242 e. The van der Waals surface area contributed by atoms with Crippen molar-refractivity contribution < 1.29 is 13.6 Å². The molecule has 3 aromatic rings. The van der Waals surface area contributed by atoms with Crippen molar-refractivity contribution in [2.75, 3.05) is 38.7 Å². The van der Waals surface area contributed by atoms with Gasteiger partial charge in [0.25, 0.3) is 0 Å². The van der Waals surface area contributed by atoms with Crippen LogP contribution in [0.25, 0.3) is 16.8 Å². The van der Waals surface area contributed by atoms with Crippen LogP contribution < -0.4 is 11.1 Å². The quantitative estimate of drug-likeness (QED) is 0.251. The van der Waals surface area contributed by atoms with Crippen LogP contribution in [0.5, 0.6) is 0 Å². The van der Waals surface area contributed by atoms with Crippen LogP contribution in [0.3, 0.4) is 0 Å². The highest BCUT2D eigenvalue weighted by atomic mass is 19.3. The van der Waals surface area contributed by atoms with Crippen molar-refractivity contribution in [3.63, 3.8) is 0 Å². The predicted molar refractivity (Wildman–Crippen MR) is 144 cm³/mol. The molecule has 3 heterocycles. The van der Waals surface area contributed by atoms with Crippen LogP contribution >= 0.6 is 0 Å². The molecule has 3 N–H and O–H groups in total. The second kappa shape index (κ2) is 15.5. The molecule has 0 unspecified atom stereocenters. The summed E-state index contributed by atoms with van der Waals surface area (Å²) in [7, 11) is 5.76. The fourth-order valence-electron chi connectivity index (χ4n) is 2.92. The van der Waals surface area contributed by atoms with Crippen LogP contribution in [0.1, 0.15) is 45.7 Å². The molecule has 0 fully saturated rings. The van der Waals surface area contributed by atoms with Gasteiger partial charge in [-0.1, -0.05) is 6.92 Å². The Hall–Kier alpha value is -3.47. The molecule has 0 aromatic carbocycles. The maximum atomic E-state index is 10.8. The number of aryl methyl sites for hydroxylation is 1. The summed E-state index contributed by atoms with van der Waals surface area (Å²) in [5, 5.41) is 7.24. The van der Waals surface area contributed by atoms with E-state index in [9.17, 15) is 13.6 Å². The van der Waals surface area contributed by atoms with E-state index in [1.54, 1.807) is 11.6 Å². The molecule has 3 aromatic heterocycles. The van der Waals surface area contributed by atoms with Crippen molar-refractivity contribution in [2.24, 2.45) is 4.99 Å². The molecular formula is C25H38F2N8O. The Kier molecular flexibility index (Phi) is 13.2. The molecule has 0 aliphatic rings. The molecule has 198 valence electrons. The van der Waals surface area contributed by atoms with Crippen LogP contribution in [-0.4, -0.2) is 70.6 Å². The number of nitrogens with two attached hydrogens (primary N) is 1. The molecule has 0 amide bonds. The van der Waals surface area contributed by atoms with E-state index in [-0.39, 0.29) is 6.42 Å². The lowest BCUT2D eigenvalue weighted by atomic mass is 10.1. The summed E-state index contributed by atoms with van der Waals surface area (Å²) in [5.41, 5.74) is 11.3. The molecule has 9 nitrogen and oxygen atoms in total. The SMILES string of the molecule is CCC(F)F.CN(C)CCCC=O.CNc1nc(N)c2c(-c3ccc(N=C(C)C)c(C)n3)ccn2n1. The van der Waals surface area contributed by atoms with Crippen molar-refractivity contribution in [3.05, 3.63) is 30.1 Å². The lowest BCUT2D eigenvalue weighted by Crippen LogP contribution is -2.12. The van der Waals surface area contributed by atoms with E-state index < -0.39 is 6.43 Å². The first-order valence-corrected chi connectivity index (χ1v) is 11.7. The number of halogens is 2. The third-order valence-electron chi connectivity index (χ3n) is 4.68. The number of aliphatic imine (C=N–C) groups is 1. The zero-order valence-electron chi connectivity index (χ0n) is 22.2. The summed E-state index contributed by atoms with van der Waals surface area (Å²) in [6, 6.07) is 5.85. The van der Waals surface area contributed by atoms with Crippen molar-refractivity contribution in [2.45, 2.75) is 53.4 Å². The summed E-state index contributed by atoms with van der Waals surface area (Å²) < 4.78 is 23.2. The van der Waals surface area contributed by atoms with Gasteiger partial charge in [0.15, 0.2) is 5.82 Å². The maximum Gasteiger partial charge on any atom is 0.242 e. The number of carbonyl (C=O) groups excluding carboxylic acids is 1. The number of unbranched alkanes of at least 4 members (excludes halogenated alkanes) is 1. The van der Waals surface area contributed by atoms with E-state index >= 15 is 0 Å². The fourth-order valence-corrected chi connectivity index (χ4v) is 2.92. The molecular weight excluding hydrogens is 466 g/mol. The number of carbonyl (C=O) groups is 1. The van der Waals surface area contributed by atoms with E-state index in [0.717, 1.165) is 53.1 Å². The molecule has 0 spiro atoms. The number of aromatic nitrogens is 4. The van der Waals surface area contributed by atoms with Gasteiger partial charge in [-0.25, -0.2) is 13.3 Å². The number of nitrogens with zero attached hydrogens (tertiary/aromatic N) is 6. The van der Waals surface area contributed by atoms with Crippen LogP contribution in [0.4, 0.5) is 26.2 Å². The minimum absolute atomic E-state index is 0.0278. The number of hydrogen-bond donors (Lipinski definition) is 2. The number of hydrogen-bond acceptors (Lipinski definition) is 8. The van der Waals surface area contributed by atoms with Gasteiger partial charge in [0.05, 0.1) is 17.1 Å². The van der Waals surface area contributed by atoms with Gasteiger partial charge >= 0.3 is 0 Å². The highest BCUT2D eigenvalue weighted by Crippen LogP contribution is 2.29. The predicted octanol–water partition coefficient (Wildman–Crippen LogP) is 5.02. The number of nitrogens with one attached hydrogen (secondary N) is 1. The molecule has 0 aliphatic heterocycles. The number of rotatable bonds is 8. The molecule has 0 saturated heterocycles. The van der Waals surface area contributed by atoms with Crippen molar-refractivity contribution in [1.29, 1.82) is 0 Å². The van der Waals surface area contributed by atoms with E-state index in [1.807, 2.05) is 59.3 Å². The fraction of sp³-hybridized carbons (Fsp3) is 0.480. The Bertz CT molecular complexity index is 1120. The Morgan fingerprint density at radius 3 is 2.42 bits per heavy atom. The second-order valence-corrected chi connectivity index (χ2v) is 8.36. The van der Waals surface area contributed by atoms with Gasteiger partial charge in [0, 0.05) is 37.4 Å². The lowest BCUT2D eigenvalue weighted by Gasteiger charge is -2.07. The minimum atomic E-state index is -2.12. The first-order chi connectivity index (χ1) is 17.0. The summed E-state index contributed by atoms with van der Waals surface area (Å²) >= 11 is 0. The maximum absolute atomic E-state index is 10.8. The van der Waals surface area contributed by atoms with Crippen LogP contribution in [0.2, 0.25) is 0 Å². The third-order valence-corrected chi connectivity index (χ3v) is 4.68. The van der Waals surface area contributed by atoms with Gasteiger partial charge < -0.3 is 20.7 Å². The van der Waals surface area contributed by atoms with Gasteiger partial charge in [-0.15, -0.1) is 5.10 Å². The normalized spacial score (nSPS) is 10.4. The van der Waals surface area contributed by atoms with Gasteiger partial charge in [-0.3, -0.25) is 9.98 Å². The zero-order valence-corrected chi connectivity index (χ0v) is 22.2. The molecule has 3 rings (SSSR count).